The highest BCUT2D eigenvalue weighted by Crippen LogP contribution is 2.36. The molecule has 5 aromatic rings. The zero-order chi connectivity index (χ0) is 31.0. The van der Waals surface area contributed by atoms with Gasteiger partial charge < -0.3 is 9.15 Å². The number of rotatable bonds is 7. The van der Waals surface area contributed by atoms with Crippen molar-refractivity contribution in [2.45, 2.75) is 39.7 Å². The third-order valence-electron chi connectivity index (χ3n) is 7.66. The van der Waals surface area contributed by atoms with E-state index in [0.29, 0.717) is 43.1 Å². The number of carbonyl (C=O) groups excluding carboxylic acids is 1. The lowest BCUT2D eigenvalue weighted by Gasteiger charge is -2.26. The Balaban J connectivity index is 1.56. The molecule has 1 unspecified atom stereocenters. The molecular formula is C36H31ClN2O4S. The van der Waals surface area contributed by atoms with Crippen LogP contribution >= 0.6 is 22.9 Å². The summed E-state index contributed by atoms with van der Waals surface area (Å²) in [4.78, 5) is 33.2. The van der Waals surface area contributed by atoms with E-state index in [4.69, 9.17) is 25.7 Å². The van der Waals surface area contributed by atoms with Gasteiger partial charge in [-0.15, -0.1) is 0 Å². The normalized spacial score (nSPS) is 15.0. The summed E-state index contributed by atoms with van der Waals surface area (Å²) in [5.74, 6) is 1.01. The van der Waals surface area contributed by atoms with E-state index in [2.05, 4.69) is 13.8 Å². The van der Waals surface area contributed by atoms with Crippen LogP contribution in [0.3, 0.4) is 0 Å². The molecule has 0 spiro atoms. The number of aryl methyl sites for hydroxylation is 1. The molecule has 0 fully saturated rings. The summed E-state index contributed by atoms with van der Waals surface area (Å²) in [6, 6.07) is 26.2. The number of hydrogen-bond donors (Lipinski definition) is 0. The summed E-state index contributed by atoms with van der Waals surface area (Å²) in [5.41, 5.74) is 5.19. The Labute approximate surface area is 264 Å². The molecule has 8 heteroatoms. The zero-order valence-corrected chi connectivity index (χ0v) is 26.4. The molecule has 0 bridgehead atoms. The monoisotopic (exact) mass is 622 g/mol. The maximum atomic E-state index is 14.2. The maximum Gasteiger partial charge on any atom is 0.338 e. The minimum absolute atomic E-state index is 0.195. The number of fused-ring (bicyclic) bond motifs is 1. The van der Waals surface area contributed by atoms with Gasteiger partial charge in [-0.1, -0.05) is 97.4 Å². The van der Waals surface area contributed by atoms with Crippen LogP contribution in [0.5, 0.6) is 0 Å². The van der Waals surface area contributed by atoms with Crippen molar-refractivity contribution in [3.63, 3.8) is 0 Å². The van der Waals surface area contributed by atoms with Gasteiger partial charge in [0, 0.05) is 22.2 Å². The van der Waals surface area contributed by atoms with Crippen LogP contribution in [0, 0.1) is 6.92 Å². The first-order valence-electron chi connectivity index (χ1n) is 14.5. The van der Waals surface area contributed by atoms with Gasteiger partial charge in [-0.2, -0.15) is 0 Å². The SMILES string of the molecule is CCOC(=O)C1=C(c2ccccc2)N=c2s/c(=C\c3ccc(-c4cc(Cl)ccc4C)o3)c(=O)n2C1c1ccc(C(C)C)cc1. The van der Waals surface area contributed by atoms with Gasteiger partial charge in [-0.05, 0) is 60.7 Å². The highest BCUT2D eigenvalue weighted by atomic mass is 35.5. The number of aromatic nitrogens is 1. The fraction of sp³-hybridized carbons (Fsp3) is 0.194. The minimum Gasteiger partial charge on any atom is -0.463 e. The number of ether oxygens (including phenoxy) is 1. The number of hydrogen-bond acceptors (Lipinski definition) is 6. The third-order valence-corrected chi connectivity index (χ3v) is 8.88. The van der Waals surface area contributed by atoms with Crippen molar-refractivity contribution in [3.8, 4) is 11.3 Å². The Bertz CT molecular complexity index is 2070. The first-order valence-corrected chi connectivity index (χ1v) is 15.7. The van der Waals surface area contributed by atoms with Crippen LogP contribution in [0.4, 0.5) is 0 Å². The van der Waals surface area contributed by atoms with E-state index in [1.165, 1.54) is 11.3 Å². The van der Waals surface area contributed by atoms with Crippen molar-refractivity contribution in [2.24, 2.45) is 4.99 Å². The molecule has 0 saturated heterocycles. The van der Waals surface area contributed by atoms with Gasteiger partial charge >= 0.3 is 5.97 Å². The van der Waals surface area contributed by atoms with Gasteiger partial charge in [0.15, 0.2) is 4.80 Å². The zero-order valence-electron chi connectivity index (χ0n) is 24.8. The molecule has 0 saturated carbocycles. The predicted molar refractivity (Wildman–Crippen MR) is 175 cm³/mol. The van der Waals surface area contributed by atoms with E-state index >= 15 is 0 Å². The summed E-state index contributed by atoms with van der Waals surface area (Å²) < 4.78 is 13.8. The first kappa shape index (κ1) is 29.6. The van der Waals surface area contributed by atoms with Crippen LogP contribution in [0.1, 0.15) is 60.7 Å². The van der Waals surface area contributed by atoms with E-state index in [-0.39, 0.29) is 12.2 Å². The van der Waals surface area contributed by atoms with Gasteiger partial charge in [0.25, 0.3) is 5.56 Å². The highest BCUT2D eigenvalue weighted by Gasteiger charge is 2.35. The Kier molecular flexibility index (Phi) is 8.25. The lowest BCUT2D eigenvalue weighted by Crippen LogP contribution is -2.40. The van der Waals surface area contributed by atoms with Crippen molar-refractivity contribution in [1.29, 1.82) is 0 Å². The third kappa shape index (κ3) is 5.61. The van der Waals surface area contributed by atoms with Crippen molar-refractivity contribution in [3.05, 3.63) is 143 Å². The molecule has 6 nitrogen and oxygen atoms in total. The Morgan fingerprint density at radius 3 is 2.52 bits per heavy atom. The molecule has 0 aliphatic carbocycles. The van der Waals surface area contributed by atoms with E-state index in [1.54, 1.807) is 17.6 Å². The lowest BCUT2D eigenvalue weighted by atomic mass is 9.91. The average Bonchev–Trinajstić information content (AvgIpc) is 3.62. The van der Waals surface area contributed by atoms with E-state index in [0.717, 1.165) is 27.8 Å². The number of furan rings is 1. The van der Waals surface area contributed by atoms with Gasteiger partial charge in [0.2, 0.25) is 0 Å². The van der Waals surface area contributed by atoms with Gasteiger partial charge in [-0.3, -0.25) is 9.36 Å². The van der Waals surface area contributed by atoms with Gasteiger partial charge in [0.05, 0.1) is 28.5 Å². The Hall–Kier alpha value is -4.46. The average molecular weight is 623 g/mol. The lowest BCUT2D eigenvalue weighted by molar-refractivity contribution is -0.138. The second-order valence-corrected chi connectivity index (χ2v) is 12.4. The van der Waals surface area contributed by atoms with E-state index < -0.39 is 12.0 Å². The largest absolute Gasteiger partial charge is 0.463 e. The summed E-state index contributed by atoms with van der Waals surface area (Å²) in [6.07, 6.45) is 1.72. The second kappa shape index (κ2) is 12.3. The molecule has 6 rings (SSSR count). The Morgan fingerprint density at radius 2 is 1.82 bits per heavy atom. The van der Waals surface area contributed by atoms with Crippen LogP contribution in [-0.2, 0) is 9.53 Å². The molecule has 1 atom stereocenters. The standard InChI is InChI=1S/C36H31ClN2O4S/c1-5-42-35(41)31-32(24-9-7-6-8-10-24)38-36-39(33(31)25-14-12-23(13-15-25)21(2)3)34(40)30(44-36)20-27-17-18-29(43-27)28-19-26(37)16-11-22(28)4/h6-21,33H,5H2,1-4H3/b30-20-. The molecule has 2 aromatic heterocycles. The smallest absolute Gasteiger partial charge is 0.338 e. The van der Waals surface area contributed by atoms with Crippen LogP contribution in [-0.4, -0.2) is 17.1 Å². The minimum atomic E-state index is -0.731. The molecule has 1 aliphatic rings. The molecule has 3 heterocycles. The molecule has 222 valence electrons. The number of benzene rings is 3. The highest BCUT2D eigenvalue weighted by molar-refractivity contribution is 7.07. The second-order valence-electron chi connectivity index (χ2n) is 10.9. The van der Waals surface area contributed by atoms with Crippen LogP contribution < -0.4 is 14.9 Å². The van der Waals surface area contributed by atoms with E-state index in [1.807, 2.05) is 91.9 Å². The van der Waals surface area contributed by atoms with Crippen LogP contribution in [0.2, 0.25) is 5.02 Å². The van der Waals surface area contributed by atoms with Crippen molar-refractivity contribution in [1.82, 2.24) is 4.57 Å². The molecular weight excluding hydrogens is 592 g/mol. The number of nitrogens with zero attached hydrogens (tertiary/aromatic N) is 2. The van der Waals surface area contributed by atoms with E-state index in [9.17, 15) is 9.59 Å². The van der Waals surface area contributed by atoms with Gasteiger partial charge in [0.1, 0.15) is 11.5 Å². The summed E-state index contributed by atoms with van der Waals surface area (Å²) in [6.45, 7) is 8.21. The fourth-order valence-corrected chi connectivity index (χ4v) is 6.54. The van der Waals surface area contributed by atoms with Gasteiger partial charge in [-0.25, -0.2) is 9.79 Å². The van der Waals surface area contributed by atoms with Crippen LogP contribution in [0.15, 0.2) is 105 Å². The first-order chi connectivity index (χ1) is 21.2. The molecule has 0 amide bonds. The van der Waals surface area contributed by atoms with Crippen molar-refractivity contribution >= 4 is 40.7 Å². The number of halogens is 1. The number of esters is 1. The molecule has 1 aliphatic heterocycles. The fourth-order valence-electron chi connectivity index (χ4n) is 5.38. The number of carbonyl (C=O) groups is 1. The Morgan fingerprint density at radius 1 is 1.07 bits per heavy atom. The number of thiazole rings is 1. The summed E-state index contributed by atoms with van der Waals surface area (Å²) in [5, 5.41) is 0.616. The van der Waals surface area contributed by atoms with Crippen molar-refractivity contribution in [2.75, 3.05) is 6.61 Å². The summed E-state index contributed by atoms with van der Waals surface area (Å²) in [7, 11) is 0. The van der Waals surface area contributed by atoms with Crippen LogP contribution in [0.25, 0.3) is 23.1 Å². The molecule has 44 heavy (non-hydrogen) atoms. The summed E-state index contributed by atoms with van der Waals surface area (Å²) >= 11 is 7.50. The van der Waals surface area contributed by atoms with Crippen molar-refractivity contribution < 1.29 is 13.9 Å². The predicted octanol–water partition coefficient (Wildman–Crippen LogP) is 7.28. The topological polar surface area (TPSA) is 73.8 Å². The quantitative estimate of drug-likeness (QED) is 0.179. The maximum absolute atomic E-state index is 14.2. The molecule has 0 radical (unpaired) electrons. The molecule has 0 N–H and O–H groups in total. The molecule has 3 aromatic carbocycles.